The summed E-state index contributed by atoms with van der Waals surface area (Å²) in [5.41, 5.74) is 2.33. The average Bonchev–Trinajstić information content (AvgIpc) is 3.41. The van der Waals surface area contributed by atoms with Crippen LogP contribution in [0.4, 0.5) is 24.8 Å². The van der Waals surface area contributed by atoms with E-state index >= 15 is 0 Å². The minimum atomic E-state index is -4.39. The van der Waals surface area contributed by atoms with Crippen LogP contribution in [-0.4, -0.2) is 75.6 Å². The lowest BCUT2D eigenvalue weighted by Gasteiger charge is -2.37. The average molecular weight is 572 g/mol. The predicted octanol–water partition coefficient (Wildman–Crippen LogP) is 4.46. The molecular weight excluding hydrogens is 539 g/mol. The molecule has 1 atom stereocenters. The van der Waals surface area contributed by atoms with Crippen molar-refractivity contribution in [3.05, 3.63) is 59.0 Å². The van der Waals surface area contributed by atoms with E-state index in [2.05, 4.69) is 30.8 Å². The van der Waals surface area contributed by atoms with Crippen molar-refractivity contribution in [1.82, 2.24) is 25.1 Å². The normalized spacial score (nSPS) is 17.5. The number of amides is 1. The zero-order valence-electron chi connectivity index (χ0n) is 23.1. The Kier molecular flexibility index (Phi) is 8.09. The zero-order chi connectivity index (χ0) is 29.2. The predicted molar refractivity (Wildman–Crippen MR) is 145 cm³/mol. The molecule has 0 unspecified atom stereocenters. The SMILES string of the molecule is Cc1c(NC[C@@H](C)Nc2cnc(C(=O)N3CCC4(CC3)OCCO4)cn2)nnc(-c2ccc(C(F)(F)F)cc2)c1C. The van der Waals surface area contributed by atoms with Crippen LogP contribution in [0.3, 0.4) is 0 Å². The van der Waals surface area contributed by atoms with Gasteiger partial charge in [0.2, 0.25) is 0 Å². The minimum absolute atomic E-state index is 0.0772. The van der Waals surface area contributed by atoms with Crippen molar-refractivity contribution < 1.29 is 27.4 Å². The topological polar surface area (TPSA) is 114 Å². The van der Waals surface area contributed by atoms with E-state index in [4.69, 9.17) is 9.47 Å². The maximum atomic E-state index is 12.9. The highest BCUT2D eigenvalue weighted by Gasteiger charge is 2.41. The smallest absolute Gasteiger partial charge is 0.366 e. The highest BCUT2D eigenvalue weighted by molar-refractivity contribution is 5.92. The summed E-state index contributed by atoms with van der Waals surface area (Å²) in [5.74, 6) is 0.390. The number of likely N-dealkylation sites (tertiary alicyclic amines) is 1. The van der Waals surface area contributed by atoms with Gasteiger partial charge in [-0.1, -0.05) is 12.1 Å². The Hall–Kier alpha value is -3.84. The van der Waals surface area contributed by atoms with Crippen molar-refractivity contribution in [3.63, 3.8) is 0 Å². The van der Waals surface area contributed by atoms with Crippen LogP contribution in [0, 0.1) is 13.8 Å². The monoisotopic (exact) mass is 571 g/mol. The lowest BCUT2D eigenvalue weighted by molar-refractivity contribution is -0.181. The number of aromatic nitrogens is 4. The Balaban J connectivity index is 1.14. The molecule has 2 aliphatic rings. The second-order valence-corrected chi connectivity index (χ2v) is 10.3. The fourth-order valence-electron chi connectivity index (χ4n) is 4.93. The van der Waals surface area contributed by atoms with Gasteiger partial charge in [0.05, 0.1) is 36.9 Å². The molecule has 0 saturated carbocycles. The molecule has 1 aromatic carbocycles. The molecule has 1 amide bonds. The van der Waals surface area contributed by atoms with Crippen molar-refractivity contribution >= 4 is 17.5 Å². The first-order valence-electron chi connectivity index (χ1n) is 13.5. The van der Waals surface area contributed by atoms with E-state index in [0.717, 1.165) is 23.3 Å². The third-order valence-electron chi connectivity index (χ3n) is 7.48. The fourth-order valence-corrected chi connectivity index (χ4v) is 4.93. The van der Waals surface area contributed by atoms with Gasteiger partial charge in [0.15, 0.2) is 11.6 Å². The minimum Gasteiger partial charge on any atom is -0.366 e. The molecule has 0 aliphatic carbocycles. The van der Waals surface area contributed by atoms with E-state index < -0.39 is 17.5 Å². The van der Waals surface area contributed by atoms with Gasteiger partial charge in [-0.3, -0.25) is 4.79 Å². The van der Waals surface area contributed by atoms with Crippen molar-refractivity contribution in [2.24, 2.45) is 0 Å². The summed E-state index contributed by atoms with van der Waals surface area (Å²) in [6, 6.07) is 4.81. The number of anilines is 2. The summed E-state index contributed by atoms with van der Waals surface area (Å²) in [4.78, 5) is 23.3. The molecule has 0 radical (unpaired) electrons. The summed E-state index contributed by atoms with van der Waals surface area (Å²) in [5, 5.41) is 15.0. The summed E-state index contributed by atoms with van der Waals surface area (Å²) in [7, 11) is 0. The number of alkyl halides is 3. The number of rotatable bonds is 7. The lowest BCUT2D eigenvalue weighted by Crippen LogP contribution is -2.47. The van der Waals surface area contributed by atoms with Crippen LogP contribution in [0.1, 0.15) is 46.9 Å². The Morgan fingerprint density at radius 3 is 2.32 bits per heavy atom. The number of piperidine rings is 1. The van der Waals surface area contributed by atoms with Gasteiger partial charge in [-0.15, -0.1) is 10.2 Å². The number of hydrogen-bond donors (Lipinski definition) is 2. The van der Waals surface area contributed by atoms with Gasteiger partial charge in [0.25, 0.3) is 5.91 Å². The third kappa shape index (κ3) is 6.41. The first-order chi connectivity index (χ1) is 19.5. The fraction of sp³-hybridized carbons (Fsp3) is 0.464. The molecule has 2 fully saturated rings. The van der Waals surface area contributed by atoms with Crippen molar-refractivity contribution in [1.29, 1.82) is 0 Å². The van der Waals surface area contributed by atoms with Gasteiger partial charge in [-0.2, -0.15) is 13.2 Å². The van der Waals surface area contributed by atoms with Crippen LogP contribution in [0.25, 0.3) is 11.3 Å². The standard InChI is InChI=1S/C28H32F3N7O3/c1-17(14-34-25-19(3)18(2)24(36-37-25)20-4-6-21(7-5-20)28(29,30)31)35-23-16-32-22(15-33-23)26(39)38-10-8-27(9-11-38)40-12-13-41-27/h4-7,15-17H,8-14H2,1-3H3,(H,33,35)(H,34,37)/t17-/m1/s1. The van der Waals surface area contributed by atoms with Crippen LogP contribution in [0.15, 0.2) is 36.7 Å². The number of nitrogens with zero attached hydrogens (tertiary/aromatic N) is 5. The Morgan fingerprint density at radius 1 is 1.02 bits per heavy atom. The molecule has 2 aliphatic heterocycles. The molecule has 5 rings (SSSR count). The Labute approximate surface area is 235 Å². The number of ether oxygens (including phenoxy) is 2. The highest BCUT2D eigenvalue weighted by Crippen LogP contribution is 2.33. The number of hydrogen-bond acceptors (Lipinski definition) is 9. The van der Waals surface area contributed by atoms with Gasteiger partial charge in [0, 0.05) is 44.1 Å². The third-order valence-corrected chi connectivity index (χ3v) is 7.48. The molecule has 0 bridgehead atoms. The van der Waals surface area contributed by atoms with Gasteiger partial charge < -0.3 is 25.0 Å². The number of carbonyl (C=O) groups excluding carboxylic acids is 1. The van der Waals surface area contributed by atoms with Crippen LogP contribution in [0.5, 0.6) is 0 Å². The van der Waals surface area contributed by atoms with Crippen LogP contribution in [0.2, 0.25) is 0 Å². The highest BCUT2D eigenvalue weighted by atomic mass is 19.4. The number of nitrogens with one attached hydrogen (secondary N) is 2. The van der Waals surface area contributed by atoms with Crippen LogP contribution >= 0.6 is 0 Å². The van der Waals surface area contributed by atoms with E-state index in [1.807, 2.05) is 20.8 Å². The van der Waals surface area contributed by atoms with Gasteiger partial charge >= 0.3 is 6.18 Å². The molecule has 3 aromatic rings. The van der Waals surface area contributed by atoms with Crippen molar-refractivity contribution in [2.75, 3.05) is 43.5 Å². The molecular formula is C28H32F3N7O3. The summed E-state index contributed by atoms with van der Waals surface area (Å²) in [6.45, 7) is 8.44. The van der Waals surface area contributed by atoms with E-state index in [9.17, 15) is 18.0 Å². The number of benzene rings is 1. The van der Waals surface area contributed by atoms with E-state index in [1.165, 1.54) is 24.5 Å². The Morgan fingerprint density at radius 2 is 1.71 bits per heavy atom. The molecule has 41 heavy (non-hydrogen) atoms. The molecule has 4 heterocycles. The molecule has 13 heteroatoms. The molecule has 2 N–H and O–H groups in total. The Bertz CT molecular complexity index is 1370. The van der Waals surface area contributed by atoms with E-state index in [1.54, 1.807) is 4.90 Å². The quantitative estimate of drug-likeness (QED) is 0.424. The van der Waals surface area contributed by atoms with Crippen LogP contribution in [-0.2, 0) is 15.7 Å². The maximum absolute atomic E-state index is 12.9. The van der Waals surface area contributed by atoms with Crippen molar-refractivity contribution in [3.8, 4) is 11.3 Å². The largest absolute Gasteiger partial charge is 0.416 e. The molecule has 1 spiro atoms. The van der Waals surface area contributed by atoms with Crippen LogP contribution < -0.4 is 10.6 Å². The number of halogens is 3. The molecule has 10 nitrogen and oxygen atoms in total. The van der Waals surface area contributed by atoms with Gasteiger partial charge in [0.1, 0.15) is 11.5 Å². The summed E-state index contributed by atoms with van der Waals surface area (Å²) < 4.78 is 50.1. The van der Waals surface area contributed by atoms with Gasteiger partial charge in [-0.05, 0) is 44.0 Å². The maximum Gasteiger partial charge on any atom is 0.416 e. The number of carbonyl (C=O) groups is 1. The molecule has 2 saturated heterocycles. The zero-order valence-corrected chi connectivity index (χ0v) is 23.1. The van der Waals surface area contributed by atoms with E-state index in [-0.39, 0.29) is 17.6 Å². The molecule has 2 aromatic heterocycles. The first kappa shape index (κ1) is 28.7. The second-order valence-electron chi connectivity index (χ2n) is 10.3. The molecule has 218 valence electrons. The second kappa shape index (κ2) is 11.6. The van der Waals surface area contributed by atoms with Gasteiger partial charge in [-0.25, -0.2) is 9.97 Å². The lowest BCUT2D eigenvalue weighted by atomic mass is 10.0. The van der Waals surface area contributed by atoms with Crippen molar-refractivity contribution in [2.45, 2.75) is 51.6 Å². The summed E-state index contributed by atoms with van der Waals surface area (Å²) >= 11 is 0. The summed E-state index contributed by atoms with van der Waals surface area (Å²) in [6.07, 6.45) is -0.116. The van der Waals surface area contributed by atoms with E-state index in [0.29, 0.717) is 68.6 Å². The first-order valence-corrected chi connectivity index (χ1v) is 13.5.